The van der Waals surface area contributed by atoms with Crippen molar-refractivity contribution in [3.05, 3.63) is 84.1 Å². The maximum absolute atomic E-state index is 12.7. The summed E-state index contributed by atoms with van der Waals surface area (Å²) in [5.41, 5.74) is 7.54. The van der Waals surface area contributed by atoms with Crippen LogP contribution in [0.1, 0.15) is 16.1 Å². The van der Waals surface area contributed by atoms with E-state index in [4.69, 9.17) is 13.9 Å². The predicted octanol–water partition coefficient (Wildman–Crippen LogP) is 4.26. The topological polar surface area (TPSA) is 89.8 Å². The van der Waals surface area contributed by atoms with Gasteiger partial charge in [0.1, 0.15) is 22.8 Å². The number of furan rings is 1. The molecule has 4 aromatic rings. The number of rotatable bonds is 6. The van der Waals surface area contributed by atoms with Gasteiger partial charge in [0.25, 0.3) is 11.8 Å². The molecule has 1 heterocycles. The van der Waals surface area contributed by atoms with Crippen molar-refractivity contribution in [3.8, 4) is 22.6 Å². The molecule has 0 aliphatic heterocycles. The molecule has 0 saturated heterocycles. The van der Waals surface area contributed by atoms with Crippen molar-refractivity contribution >= 4 is 22.8 Å². The number of ether oxygens (including phenoxy) is 2. The number of amides is 2. The lowest BCUT2D eigenvalue weighted by atomic mass is 10.1. The number of para-hydroxylation sites is 1. The van der Waals surface area contributed by atoms with E-state index in [1.165, 1.54) is 0 Å². The van der Waals surface area contributed by atoms with E-state index in [2.05, 4.69) is 10.9 Å². The number of hydrogen-bond donors (Lipinski definition) is 2. The summed E-state index contributed by atoms with van der Waals surface area (Å²) in [7, 11) is 1.55. The summed E-state index contributed by atoms with van der Waals surface area (Å²) >= 11 is 0. The van der Waals surface area contributed by atoms with Crippen LogP contribution in [-0.4, -0.2) is 25.5 Å². The molecule has 4 rings (SSSR count). The first-order chi connectivity index (χ1) is 15.6. The highest BCUT2D eigenvalue weighted by Gasteiger charge is 2.19. The number of hydrogen-bond acceptors (Lipinski definition) is 5. The van der Waals surface area contributed by atoms with Crippen molar-refractivity contribution in [3.63, 3.8) is 0 Å². The Balaban J connectivity index is 1.40. The van der Waals surface area contributed by atoms with Crippen molar-refractivity contribution in [2.75, 3.05) is 13.7 Å². The minimum absolute atomic E-state index is 0.261. The molecule has 1 aromatic heterocycles. The van der Waals surface area contributed by atoms with Gasteiger partial charge in [-0.1, -0.05) is 48.5 Å². The van der Waals surface area contributed by atoms with Crippen molar-refractivity contribution in [2.45, 2.75) is 6.92 Å². The van der Waals surface area contributed by atoms with Gasteiger partial charge in [0.15, 0.2) is 6.61 Å². The highest BCUT2D eigenvalue weighted by Crippen LogP contribution is 2.30. The molecule has 0 saturated carbocycles. The van der Waals surface area contributed by atoms with Gasteiger partial charge in [-0.05, 0) is 36.8 Å². The molecule has 0 aliphatic carbocycles. The zero-order valence-corrected chi connectivity index (χ0v) is 17.7. The van der Waals surface area contributed by atoms with Gasteiger partial charge < -0.3 is 13.9 Å². The normalized spacial score (nSPS) is 10.6. The Hall–Kier alpha value is -4.26. The van der Waals surface area contributed by atoms with E-state index in [0.717, 1.165) is 11.1 Å². The molecule has 0 atom stereocenters. The van der Waals surface area contributed by atoms with Crippen molar-refractivity contribution < 1.29 is 23.5 Å². The van der Waals surface area contributed by atoms with E-state index in [1.807, 2.05) is 48.5 Å². The molecular formula is C25H22N2O5. The first-order valence-electron chi connectivity index (χ1n) is 10.0. The summed E-state index contributed by atoms with van der Waals surface area (Å²) in [6.45, 7) is 1.43. The summed E-state index contributed by atoms with van der Waals surface area (Å²) in [5, 5.41) is 0.599. The van der Waals surface area contributed by atoms with Crippen LogP contribution in [0.25, 0.3) is 22.1 Å². The van der Waals surface area contributed by atoms with E-state index >= 15 is 0 Å². The molecule has 162 valence electrons. The average Bonchev–Trinajstić information content (AvgIpc) is 3.16. The number of carbonyl (C=O) groups is 2. The molecule has 0 bridgehead atoms. The first kappa shape index (κ1) is 21.0. The Labute approximate surface area is 184 Å². The van der Waals surface area contributed by atoms with Gasteiger partial charge in [-0.2, -0.15) is 0 Å². The van der Waals surface area contributed by atoms with Crippen LogP contribution in [0.2, 0.25) is 0 Å². The van der Waals surface area contributed by atoms with Crippen molar-refractivity contribution in [2.24, 2.45) is 0 Å². The summed E-state index contributed by atoms with van der Waals surface area (Å²) in [6, 6.07) is 22.4. The monoisotopic (exact) mass is 430 g/mol. The lowest BCUT2D eigenvalue weighted by molar-refractivity contribution is -0.123. The van der Waals surface area contributed by atoms with E-state index in [1.54, 1.807) is 38.3 Å². The summed E-state index contributed by atoms with van der Waals surface area (Å²) in [6.07, 6.45) is 0. The lowest BCUT2D eigenvalue weighted by Gasteiger charge is -2.12. The summed E-state index contributed by atoms with van der Waals surface area (Å²) < 4.78 is 16.6. The standard InChI is InChI=1S/C25H22N2O5/c1-16-24(20-14-18(30-2)12-13-22(20)32-16)25(29)27-26-23(28)15-31-21-11-7-6-10-19(21)17-8-4-3-5-9-17/h3-14H,15H2,1-2H3,(H,26,28)(H,27,29). The van der Waals surface area contributed by atoms with Crippen LogP contribution in [0, 0.1) is 6.92 Å². The number of aryl methyl sites for hydroxylation is 1. The predicted molar refractivity (Wildman–Crippen MR) is 120 cm³/mol. The van der Waals surface area contributed by atoms with Gasteiger partial charge in [0.2, 0.25) is 0 Å². The first-order valence-corrected chi connectivity index (χ1v) is 10.0. The Morgan fingerprint density at radius 2 is 1.69 bits per heavy atom. The molecule has 0 unspecified atom stereocenters. The van der Waals surface area contributed by atoms with Crippen molar-refractivity contribution in [1.29, 1.82) is 0 Å². The molecule has 2 N–H and O–H groups in total. The largest absolute Gasteiger partial charge is 0.497 e. The SMILES string of the molecule is COc1ccc2oc(C)c(C(=O)NNC(=O)COc3ccccc3-c3ccccc3)c2c1. The number of carbonyl (C=O) groups excluding carboxylic acids is 2. The van der Waals surface area contributed by atoms with Crippen LogP contribution >= 0.6 is 0 Å². The van der Waals surface area contributed by atoms with Crippen LogP contribution in [-0.2, 0) is 4.79 Å². The Morgan fingerprint density at radius 1 is 0.938 bits per heavy atom. The highest BCUT2D eigenvalue weighted by atomic mass is 16.5. The fourth-order valence-corrected chi connectivity index (χ4v) is 3.43. The van der Waals surface area contributed by atoms with Crippen LogP contribution in [0.5, 0.6) is 11.5 Å². The number of hydrazine groups is 1. The third kappa shape index (κ3) is 4.41. The Bertz CT molecular complexity index is 1260. The minimum atomic E-state index is -0.496. The molecule has 3 aromatic carbocycles. The minimum Gasteiger partial charge on any atom is -0.497 e. The average molecular weight is 430 g/mol. The second-order valence-electron chi connectivity index (χ2n) is 7.05. The fourth-order valence-electron chi connectivity index (χ4n) is 3.43. The van der Waals surface area contributed by atoms with Gasteiger partial charge in [-0.25, -0.2) is 0 Å². The number of benzene rings is 3. The third-order valence-electron chi connectivity index (χ3n) is 4.94. The van der Waals surface area contributed by atoms with Crippen LogP contribution in [0.4, 0.5) is 0 Å². The van der Waals surface area contributed by atoms with Gasteiger partial charge in [-0.15, -0.1) is 0 Å². The molecule has 7 heteroatoms. The zero-order chi connectivity index (χ0) is 22.5. The van der Waals surface area contributed by atoms with E-state index in [0.29, 0.717) is 33.8 Å². The second kappa shape index (κ2) is 9.26. The number of methoxy groups -OCH3 is 1. The smallest absolute Gasteiger partial charge is 0.276 e. The van der Waals surface area contributed by atoms with Gasteiger partial charge >= 0.3 is 0 Å². The molecule has 0 fully saturated rings. The second-order valence-corrected chi connectivity index (χ2v) is 7.05. The molecule has 32 heavy (non-hydrogen) atoms. The highest BCUT2D eigenvalue weighted by molar-refractivity contribution is 6.07. The quantitative estimate of drug-likeness (QED) is 0.446. The van der Waals surface area contributed by atoms with Gasteiger partial charge in [-0.3, -0.25) is 20.4 Å². The Morgan fingerprint density at radius 3 is 2.47 bits per heavy atom. The zero-order valence-electron chi connectivity index (χ0n) is 17.7. The fraction of sp³-hybridized carbons (Fsp3) is 0.120. The van der Waals surface area contributed by atoms with Crippen LogP contribution in [0.15, 0.2) is 77.2 Å². The maximum atomic E-state index is 12.7. The molecule has 0 radical (unpaired) electrons. The van der Waals surface area contributed by atoms with Crippen molar-refractivity contribution in [1.82, 2.24) is 10.9 Å². The summed E-state index contributed by atoms with van der Waals surface area (Å²) in [4.78, 5) is 25.0. The van der Waals surface area contributed by atoms with E-state index in [-0.39, 0.29) is 6.61 Å². The van der Waals surface area contributed by atoms with Crippen LogP contribution in [0.3, 0.4) is 0 Å². The molecular weight excluding hydrogens is 408 g/mol. The lowest BCUT2D eigenvalue weighted by Crippen LogP contribution is -2.44. The molecule has 0 aliphatic rings. The van der Waals surface area contributed by atoms with Gasteiger partial charge in [0, 0.05) is 10.9 Å². The Kier molecular flexibility index (Phi) is 6.07. The summed E-state index contributed by atoms with van der Waals surface area (Å²) in [5.74, 6) is 0.621. The molecule has 2 amide bonds. The third-order valence-corrected chi connectivity index (χ3v) is 4.94. The molecule has 7 nitrogen and oxygen atoms in total. The molecule has 0 spiro atoms. The van der Waals surface area contributed by atoms with Crippen LogP contribution < -0.4 is 20.3 Å². The maximum Gasteiger partial charge on any atom is 0.276 e. The number of nitrogens with one attached hydrogen (secondary N) is 2. The van der Waals surface area contributed by atoms with E-state index in [9.17, 15) is 9.59 Å². The van der Waals surface area contributed by atoms with Gasteiger partial charge in [0.05, 0.1) is 12.7 Å². The van der Waals surface area contributed by atoms with E-state index < -0.39 is 11.8 Å². The number of fused-ring (bicyclic) bond motifs is 1.